The van der Waals surface area contributed by atoms with Crippen LogP contribution in [0.25, 0.3) is 0 Å². The Balaban J connectivity index is 1.70. The first-order valence-corrected chi connectivity index (χ1v) is 37.5. The van der Waals surface area contributed by atoms with Crippen molar-refractivity contribution in [3.05, 3.63) is 0 Å². The SMILES string of the molecule is CC[C@H](C)[C@@H]1NC(=O)[C@@H]2CCCN2C(=O)[C@@H]2CCCN2C(=O)[C@H](CC(C)C)NC(=O)[C@H](CO)NC(=O)[C@H](CCCNC(=N)N)NC(=O)[C@H](CO)NC(=O)[C@@H](N)SS[C@@H](C(=O)N[C@H](C(=O)N2CCC[C@H]2C(=O)N[C@@H](CC(=O)O)C(=O)NCCC(N)C(=O)NC(=O)N[C@H](C=O)[C@@H](C)CC)[C@@H](C)CC)NC1=O. The van der Waals surface area contributed by atoms with Crippen molar-refractivity contribution in [3.63, 3.8) is 0 Å². The van der Waals surface area contributed by atoms with E-state index < -0.39 is 209 Å². The van der Waals surface area contributed by atoms with Gasteiger partial charge in [0.15, 0.2) is 11.3 Å². The smallest absolute Gasteiger partial charge is 0.322 e. The number of carboxylic acid groups (broad SMARTS) is 1. The molecule has 4 heterocycles. The van der Waals surface area contributed by atoms with E-state index in [1.807, 2.05) is 5.32 Å². The number of imide groups is 1. The molecule has 38 nitrogen and oxygen atoms in total. The number of hydrogen-bond acceptors (Lipinski definition) is 23. The van der Waals surface area contributed by atoms with E-state index in [-0.39, 0.29) is 109 Å². The summed E-state index contributed by atoms with van der Waals surface area (Å²) in [7, 11) is 0.954. The maximum atomic E-state index is 15.0. The molecule has 0 aromatic carbocycles. The third-order valence-electron chi connectivity index (χ3n) is 18.7. The van der Waals surface area contributed by atoms with Gasteiger partial charge < -0.3 is 110 Å². The lowest BCUT2D eigenvalue weighted by Gasteiger charge is -2.34. The zero-order chi connectivity index (χ0) is 77.8. The van der Waals surface area contributed by atoms with E-state index in [1.54, 1.807) is 55.4 Å². The Morgan fingerprint density at radius 1 is 0.644 bits per heavy atom. The van der Waals surface area contributed by atoms with Gasteiger partial charge in [0.05, 0.1) is 31.7 Å². The molecule has 4 fully saturated rings. The second kappa shape index (κ2) is 43.1. The number of urea groups is 1. The highest BCUT2D eigenvalue weighted by Gasteiger charge is 2.47. The maximum absolute atomic E-state index is 15.0. The molecule has 4 rings (SSSR count). The van der Waals surface area contributed by atoms with Gasteiger partial charge >= 0.3 is 12.0 Å². The Morgan fingerprint density at radius 3 is 1.80 bits per heavy atom. The zero-order valence-electron chi connectivity index (χ0n) is 60.1. The normalized spacial score (nSPS) is 25.6. The van der Waals surface area contributed by atoms with Crippen molar-refractivity contribution in [2.24, 2.45) is 40.9 Å². The van der Waals surface area contributed by atoms with Crippen LogP contribution in [0.5, 0.6) is 0 Å². The zero-order valence-corrected chi connectivity index (χ0v) is 61.7. The molecule has 584 valence electrons. The number of carbonyl (C=O) groups is 16. The van der Waals surface area contributed by atoms with Crippen molar-refractivity contribution in [1.29, 1.82) is 5.41 Å². The summed E-state index contributed by atoms with van der Waals surface area (Å²) in [4.78, 5) is 225. The third kappa shape index (κ3) is 26.0. The fraction of sp³-hybridized carbons (Fsp3) is 0.734. The minimum absolute atomic E-state index is 0.000407. The van der Waals surface area contributed by atoms with Gasteiger partial charge in [-0.05, 0) is 87.9 Å². The first-order chi connectivity index (χ1) is 49.2. The van der Waals surface area contributed by atoms with Crippen LogP contribution in [0.2, 0.25) is 0 Å². The van der Waals surface area contributed by atoms with E-state index >= 15 is 4.79 Å². The van der Waals surface area contributed by atoms with Gasteiger partial charge in [-0.25, -0.2) is 4.79 Å². The number of carbonyl (C=O) groups excluding carboxylic acids is 15. The fourth-order valence-electron chi connectivity index (χ4n) is 12.0. The summed E-state index contributed by atoms with van der Waals surface area (Å²) < 4.78 is 0. The highest BCUT2D eigenvalue weighted by Crippen LogP contribution is 2.31. The summed E-state index contributed by atoms with van der Waals surface area (Å²) in [5.74, 6) is -16.0. The molecule has 0 saturated carbocycles. The van der Waals surface area contributed by atoms with Crippen LogP contribution >= 0.6 is 21.6 Å². The van der Waals surface area contributed by atoms with Gasteiger partial charge in [-0.2, -0.15) is 0 Å². The number of rotatable bonds is 28. The first kappa shape index (κ1) is 87.9. The lowest BCUT2D eigenvalue weighted by atomic mass is 9.97. The van der Waals surface area contributed by atoms with Gasteiger partial charge in [0.1, 0.15) is 72.1 Å². The van der Waals surface area contributed by atoms with E-state index in [2.05, 4.69) is 58.5 Å². The number of fused-ring (bicyclic) bond motifs is 2. The molecule has 0 bridgehead atoms. The van der Waals surface area contributed by atoms with Crippen LogP contribution in [0.4, 0.5) is 4.79 Å². The van der Waals surface area contributed by atoms with E-state index in [4.69, 9.17) is 22.6 Å². The van der Waals surface area contributed by atoms with Crippen LogP contribution in [0.15, 0.2) is 0 Å². The highest BCUT2D eigenvalue weighted by molar-refractivity contribution is 8.77. The van der Waals surface area contributed by atoms with Crippen molar-refractivity contribution >= 4 is 123 Å². The largest absolute Gasteiger partial charge is 0.481 e. The number of aldehydes is 1. The molecule has 0 aromatic heterocycles. The molecule has 0 spiro atoms. The van der Waals surface area contributed by atoms with Gasteiger partial charge in [0, 0.05) is 32.7 Å². The standard InChI is InChI=1S/C64H107N19O19S2/c1-9-32(6)39(28-84)76-64(102)80-49(89)35(65)20-22-69-50(90)37(27-45(87)88)72-54(94)42-17-14-24-82(42)62(101)47(34(8)11-3)78-58(98)59-79-56(96)46(33(7)10-2)77-55(95)43-18-13-23-81(43)61(100)44-19-15-25-83(44)60(99)38(26-31(4)5)73-53(93)40(29-85)74-51(91)36(16-12-21-70-63(67)68)71-52(92)41(30-86)75-57(97)48(66)103-104-59/h28,31-44,46-48,59,85-86H,9-27,29-30,65-66H2,1-8H3,(H,69,90)(H,71,92)(H,72,94)(H,73,93)(H,74,91)(H,75,97)(H,77,95)(H,78,98)(H,79,96)(H,87,88)(H4,67,68,70)(H2,76,80,89,102)/t32-,33-,34-,35?,36-,37-,38-,39+,40-,41-,42-,43-,44-,46-,47-,48-,59-/m0/s1. The summed E-state index contributed by atoms with van der Waals surface area (Å²) in [6, 6.07) is -18.0. The Morgan fingerprint density at radius 2 is 1.22 bits per heavy atom. The highest BCUT2D eigenvalue weighted by atomic mass is 33.1. The van der Waals surface area contributed by atoms with Gasteiger partial charge in [-0.3, -0.25) is 77.8 Å². The minimum atomic E-state index is -1.85. The Hall–Kier alpha value is -8.47. The molecule has 4 aliphatic rings. The van der Waals surface area contributed by atoms with Crippen molar-refractivity contribution in [3.8, 4) is 0 Å². The number of carboxylic acids is 1. The van der Waals surface area contributed by atoms with Crippen LogP contribution in [-0.4, -0.2) is 260 Å². The number of aliphatic hydroxyl groups excluding tert-OH is 2. The Kier molecular flexibility index (Phi) is 36.4. The molecule has 17 atom stereocenters. The number of nitrogens with zero attached hydrogens (tertiary/aromatic N) is 3. The van der Waals surface area contributed by atoms with E-state index in [1.165, 1.54) is 9.80 Å². The summed E-state index contributed by atoms with van der Waals surface area (Å²) >= 11 is 0. The maximum Gasteiger partial charge on any atom is 0.322 e. The number of nitrogens with one attached hydrogen (secondary N) is 13. The molecule has 40 heteroatoms. The second-order valence-electron chi connectivity index (χ2n) is 26.9. The van der Waals surface area contributed by atoms with Gasteiger partial charge in [0.2, 0.25) is 70.9 Å². The molecular weight excluding hydrogens is 1400 g/mol. The van der Waals surface area contributed by atoms with Gasteiger partial charge in [-0.1, -0.05) is 96.2 Å². The predicted molar refractivity (Wildman–Crippen MR) is 378 cm³/mol. The van der Waals surface area contributed by atoms with Crippen LogP contribution in [0.1, 0.15) is 145 Å². The molecule has 0 radical (unpaired) electrons. The van der Waals surface area contributed by atoms with Crippen molar-refractivity contribution < 1.29 is 92.0 Å². The lowest BCUT2D eigenvalue weighted by Crippen LogP contribution is -2.61. The minimum Gasteiger partial charge on any atom is -0.481 e. The number of nitrogens with two attached hydrogens (primary N) is 3. The van der Waals surface area contributed by atoms with E-state index in [0.29, 0.717) is 47.1 Å². The summed E-state index contributed by atoms with van der Waals surface area (Å²) in [5.41, 5.74) is 17.8. The van der Waals surface area contributed by atoms with Crippen molar-refractivity contribution in [1.82, 2.24) is 78.5 Å². The van der Waals surface area contributed by atoms with Gasteiger partial charge in [-0.15, -0.1) is 0 Å². The number of aliphatic carboxylic acids is 1. The molecule has 4 saturated heterocycles. The summed E-state index contributed by atoms with van der Waals surface area (Å²) in [5, 5.41) is 64.3. The molecule has 15 amide bonds. The Bertz CT molecular complexity index is 3080. The average molecular weight is 1510 g/mol. The van der Waals surface area contributed by atoms with Crippen LogP contribution in [0.3, 0.4) is 0 Å². The van der Waals surface area contributed by atoms with E-state index in [0.717, 1.165) is 4.90 Å². The third-order valence-corrected chi connectivity index (χ3v) is 21.3. The van der Waals surface area contributed by atoms with Gasteiger partial charge in [0.25, 0.3) is 5.91 Å². The number of likely N-dealkylation sites (tertiary alicyclic amines) is 1. The molecular formula is C64H107N19O19S2. The fourth-order valence-corrected chi connectivity index (χ4v) is 14.1. The molecule has 4 aliphatic heterocycles. The van der Waals surface area contributed by atoms with Crippen LogP contribution < -0.4 is 81.0 Å². The molecule has 22 N–H and O–H groups in total. The summed E-state index contributed by atoms with van der Waals surface area (Å²) in [6.07, 6.45) is 1.36. The van der Waals surface area contributed by atoms with Crippen molar-refractivity contribution in [2.45, 2.75) is 229 Å². The summed E-state index contributed by atoms with van der Waals surface area (Å²) in [6.45, 7) is 11.3. The molecule has 0 aliphatic carbocycles. The topological polar surface area (TPSA) is 590 Å². The monoisotopic (exact) mass is 1510 g/mol. The van der Waals surface area contributed by atoms with Crippen molar-refractivity contribution in [2.75, 3.05) is 45.9 Å². The quantitative estimate of drug-likeness (QED) is 0.0114. The lowest BCUT2D eigenvalue weighted by molar-refractivity contribution is -0.148. The predicted octanol–water partition coefficient (Wildman–Crippen LogP) is -5.39. The number of hydrogen-bond donors (Lipinski definition) is 19. The molecule has 104 heavy (non-hydrogen) atoms. The number of aliphatic hydroxyl groups is 2. The molecule has 1 unspecified atom stereocenters. The Labute approximate surface area is 611 Å². The first-order valence-electron chi connectivity index (χ1n) is 35.2. The van der Waals surface area contributed by atoms with E-state index in [9.17, 15) is 87.2 Å². The van der Waals surface area contributed by atoms with Crippen LogP contribution in [0, 0.1) is 29.1 Å². The van der Waals surface area contributed by atoms with Crippen LogP contribution in [-0.2, 0) is 71.9 Å². The number of guanidine groups is 1. The molecule has 0 aromatic rings. The average Bonchev–Trinajstić information content (AvgIpc) is 1.63. The number of amides is 15. The second-order valence-corrected chi connectivity index (χ2v) is 29.4.